The summed E-state index contributed by atoms with van der Waals surface area (Å²) in [6, 6.07) is 1.29. The maximum Gasteiger partial charge on any atom is 0.340 e. The number of carbonyl (C=O) groups excluding carboxylic acids is 3. The third-order valence-electron chi connectivity index (χ3n) is 4.72. The van der Waals surface area contributed by atoms with Crippen molar-refractivity contribution in [3.05, 3.63) is 33.7 Å². The number of fused-ring (bicyclic) bond motifs is 1. The highest BCUT2D eigenvalue weighted by molar-refractivity contribution is 5.90. The van der Waals surface area contributed by atoms with Crippen molar-refractivity contribution in [2.45, 2.75) is 32.2 Å². The van der Waals surface area contributed by atoms with Crippen LogP contribution in [-0.4, -0.2) is 44.7 Å². The highest BCUT2D eigenvalue weighted by Crippen LogP contribution is 2.36. The van der Waals surface area contributed by atoms with Crippen LogP contribution in [0, 0.1) is 6.92 Å². The van der Waals surface area contributed by atoms with E-state index in [-0.39, 0.29) is 42.7 Å². The minimum atomic E-state index is -1.48. The van der Waals surface area contributed by atoms with E-state index in [0.29, 0.717) is 16.7 Å². The first-order valence-electron chi connectivity index (χ1n) is 9.40. The van der Waals surface area contributed by atoms with E-state index in [0.717, 1.165) is 0 Å². The Labute approximate surface area is 177 Å². The lowest BCUT2D eigenvalue weighted by molar-refractivity contribution is -0.308. The lowest BCUT2D eigenvalue weighted by Crippen LogP contribution is -2.48. The molecule has 4 N–H and O–H groups in total. The second-order valence-electron chi connectivity index (χ2n) is 6.72. The number of aliphatic carboxylic acids is 1. The Hall–Kier alpha value is -3.76. The van der Waals surface area contributed by atoms with Gasteiger partial charge in [0.2, 0.25) is 11.7 Å². The number of hydrogen-bond donors (Lipinski definition) is 3. The molecule has 0 bridgehead atoms. The molecule has 11 heteroatoms. The number of carbonyl (C=O) groups is 3. The summed E-state index contributed by atoms with van der Waals surface area (Å²) >= 11 is 0. The quantitative estimate of drug-likeness (QED) is 0.326. The van der Waals surface area contributed by atoms with Gasteiger partial charge >= 0.3 is 11.7 Å². The molecule has 2 rings (SSSR count). The Morgan fingerprint density at radius 2 is 1.94 bits per heavy atom. The van der Waals surface area contributed by atoms with Gasteiger partial charge in [-0.15, -0.1) is 0 Å². The monoisotopic (exact) mass is 434 g/mol. The van der Waals surface area contributed by atoms with Gasteiger partial charge in [-0.2, -0.15) is 0 Å². The van der Waals surface area contributed by atoms with Crippen LogP contribution in [-0.2, 0) is 16.0 Å². The number of nitrogens with two attached hydrogens (primary N) is 1. The molecule has 168 valence electrons. The highest BCUT2D eigenvalue weighted by Gasteiger charge is 2.21. The number of hydrogen-bond acceptors (Lipinski definition) is 8. The molecule has 0 radical (unpaired) electrons. The van der Waals surface area contributed by atoms with Crippen molar-refractivity contribution >= 4 is 28.9 Å². The Morgan fingerprint density at radius 1 is 1.23 bits per heavy atom. The molecular formula is C20H24N3O8-. The number of primary amides is 1. The summed E-state index contributed by atoms with van der Waals surface area (Å²) in [5.74, 6) is -1.54. The van der Waals surface area contributed by atoms with E-state index >= 15 is 0 Å². The Morgan fingerprint density at radius 3 is 2.52 bits per heavy atom. The molecular weight excluding hydrogens is 410 g/mol. The molecule has 0 saturated carbocycles. The summed E-state index contributed by atoms with van der Waals surface area (Å²) in [4.78, 5) is 46.9. The number of aryl methyl sites for hydroxylation is 1. The van der Waals surface area contributed by atoms with E-state index in [9.17, 15) is 24.3 Å². The Bertz CT molecular complexity index is 1050. The number of ether oxygens (including phenoxy) is 2. The molecule has 1 aromatic heterocycles. The molecule has 0 aliphatic rings. The number of carboxylic acids is 1. The van der Waals surface area contributed by atoms with Crippen LogP contribution in [0.15, 0.2) is 21.3 Å². The molecule has 0 spiro atoms. The van der Waals surface area contributed by atoms with Crippen molar-refractivity contribution in [2.75, 3.05) is 20.8 Å². The molecule has 0 fully saturated rings. The molecule has 0 unspecified atom stereocenters. The second kappa shape index (κ2) is 10.3. The van der Waals surface area contributed by atoms with Gasteiger partial charge in [0.15, 0.2) is 11.3 Å². The van der Waals surface area contributed by atoms with Crippen LogP contribution in [0.5, 0.6) is 11.5 Å². The normalized spacial score (nSPS) is 11.6. The van der Waals surface area contributed by atoms with E-state index < -0.39 is 29.6 Å². The highest BCUT2D eigenvalue weighted by atomic mass is 16.5. The zero-order chi connectivity index (χ0) is 23.1. The van der Waals surface area contributed by atoms with Crippen LogP contribution in [0.4, 0.5) is 4.79 Å². The maximum absolute atomic E-state index is 12.5. The fraction of sp³-hybridized carbons (Fsp3) is 0.400. The van der Waals surface area contributed by atoms with Gasteiger partial charge in [0, 0.05) is 11.9 Å². The Balaban J connectivity index is 2.22. The van der Waals surface area contributed by atoms with Gasteiger partial charge < -0.3 is 40.2 Å². The van der Waals surface area contributed by atoms with Crippen molar-refractivity contribution in [2.24, 2.45) is 5.73 Å². The molecule has 0 aliphatic carbocycles. The molecule has 2 aromatic rings. The van der Waals surface area contributed by atoms with E-state index in [1.807, 2.05) is 0 Å². The zero-order valence-electron chi connectivity index (χ0n) is 17.4. The van der Waals surface area contributed by atoms with Crippen molar-refractivity contribution in [1.82, 2.24) is 10.6 Å². The minimum absolute atomic E-state index is 0.0106. The third-order valence-corrected chi connectivity index (χ3v) is 4.72. The molecule has 1 atom stereocenters. The molecule has 0 saturated heterocycles. The lowest BCUT2D eigenvalue weighted by atomic mass is 10.0. The summed E-state index contributed by atoms with van der Waals surface area (Å²) < 4.78 is 15.8. The van der Waals surface area contributed by atoms with Crippen molar-refractivity contribution in [3.63, 3.8) is 0 Å². The van der Waals surface area contributed by atoms with Gasteiger partial charge in [-0.05, 0) is 37.5 Å². The number of rotatable bonds is 10. The van der Waals surface area contributed by atoms with Gasteiger partial charge in [0.05, 0.1) is 38.2 Å². The number of carboxylic acid groups (broad SMARTS) is 1. The minimum Gasteiger partial charge on any atom is -0.548 e. The number of methoxy groups -OCH3 is 2. The van der Waals surface area contributed by atoms with Crippen LogP contribution in [0.2, 0.25) is 0 Å². The molecule has 0 aliphatic heterocycles. The van der Waals surface area contributed by atoms with Gasteiger partial charge in [-0.3, -0.25) is 4.79 Å². The van der Waals surface area contributed by atoms with E-state index in [1.165, 1.54) is 14.2 Å². The summed E-state index contributed by atoms with van der Waals surface area (Å²) in [6.07, 6.45) is -0.126. The summed E-state index contributed by atoms with van der Waals surface area (Å²) in [5.41, 5.74) is 4.96. The van der Waals surface area contributed by atoms with Crippen molar-refractivity contribution in [1.29, 1.82) is 0 Å². The molecule has 1 aromatic carbocycles. The van der Waals surface area contributed by atoms with Crippen LogP contribution in [0.25, 0.3) is 11.0 Å². The summed E-state index contributed by atoms with van der Waals surface area (Å²) in [7, 11) is 2.86. The maximum atomic E-state index is 12.5. The fourth-order valence-electron chi connectivity index (χ4n) is 3.14. The number of benzene rings is 1. The largest absolute Gasteiger partial charge is 0.548 e. The molecule has 3 amide bonds. The van der Waals surface area contributed by atoms with Crippen molar-refractivity contribution in [3.8, 4) is 11.5 Å². The standard InChI is InChI=1S/C20H25N3O8/c1-10-11-6-7-14(29-2)17(30-3)16(11)31-19(27)12(10)9-15(24)23-13(18(25)26)5-4-8-22-20(21)28/h6-7,13H,4-5,8-9H2,1-3H3,(H,23,24)(H,25,26)(H3,21,22,28)/p-1/t13-/m0/s1. The third kappa shape index (κ3) is 5.65. The lowest BCUT2D eigenvalue weighted by Gasteiger charge is -2.20. The fourth-order valence-corrected chi connectivity index (χ4v) is 3.14. The zero-order valence-corrected chi connectivity index (χ0v) is 17.4. The van der Waals surface area contributed by atoms with Crippen LogP contribution in [0.1, 0.15) is 24.0 Å². The summed E-state index contributed by atoms with van der Waals surface area (Å²) in [5, 5.41) is 16.5. The SMILES string of the molecule is COc1ccc2c(C)c(CC(=O)N[C@@H](CCCNC(N)=O)C(=O)[O-])c(=O)oc2c1OC. The van der Waals surface area contributed by atoms with Gasteiger partial charge in [-0.1, -0.05) is 0 Å². The molecule has 11 nitrogen and oxygen atoms in total. The summed E-state index contributed by atoms with van der Waals surface area (Å²) in [6.45, 7) is 1.80. The van der Waals surface area contributed by atoms with Gasteiger partial charge in [0.25, 0.3) is 0 Å². The van der Waals surface area contributed by atoms with Crippen LogP contribution in [0.3, 0.4) is 0 Å². The molecule has 1 heterocycles. The average Bonchev–Trinajstić information content (AvgIpc) is 2.71. The van der Waals surface area contributed by atoms with E-state index in [1.54, 1.807) is 19.1 Å². The van der Waals surface area contributed by atoms with Crippen molar-refractivity contribution < 1.29 is 33.4 Å². The smallest absolute Gasteiger partial charge is 0.340 e. The predicted octanol–water partition coefficient (Wildman–Crippen LogP) is -0.656. The van der Waals surface area contributed by atoms with Crippen LogP contribution < -0.4 is 36.6 Å². The van der Waals surface area contributed by atoms with E-state index in [2.05, 4.69) is 10.6 Å². The first-order valence-corrected chi connectivity index (χ1v) is 9.40. The predicted molar refractivity (Wildman–Crippen MR) is 108 cm³/mol. The number of nitrogens with one attached hydrogen (secondary N) is 2. The van der Waals surface area contributed by atoms with Gasteiger partial charge in [0.1, 0.15) is 0 Å². The second-order valence-corrected chi connectivity index (χ2v) is 6.72. The number of urea groups is 1. The molecule has 31 heavy (non-hydrogen) atoms. The topological polar surface area (TPSA) is 173 Å². The first-order chi connectivity index (χ1) is 14.7. The van der Waals surface area contributed by atoms with Gasteiger partial charge in [-0.25, -0.2) is 9.59 Å². The van der Waals surface area contributed by atoms with Crippen LogP contribution >= 0.6 is 0 Å². The first kappa shape index (κ1) is 23.5. The average molecular weight is 434 g/mol. The number of amides is 3. The van der Waals surface area contributed by atoms with E-state index in [4.69, 9.17) is 19.6 Å². The Kier molecular flexibility index (Phi) is 7.83.